The van der Waals surface area contributed by atoms with Crippen LogP contribution < -0.4 is 10.6 Å². The maximum atomic E-state index is 12.3. The van der Waals surface area contributed by atoms with Gasteiger partial charge >= 0.3 is 5.97 Å². The lowest BCUT2D eigenvalue weighted by atomic mass is 10.1. The number of fused-ring (bicyclic) bond motifs is 1. The zero-order valence-electron chi connectivity index (χ0n) is 14.1. The van der Waals surface area contributed by atoms with Gasteiger partial charge in [-0.1, -0.05) is 36.4 Å². The molecule has 0 saturated carbocycles. The highest BCUT2D eigenvalue weighted by atomic mass is 16.4. The molecule has 6 heteroatoms. The molecule has 3 N–H and O–H groups in total. The van der Waals surface area contributed by atoms with Gasteiger partial charge in [0.2, 0.25) is 0 Å². The Balaban J connectivity index is 1.76. The van der Waals surface area contributed by atoms with Crippen LogP contribution in [0.15, 0.2) is 78.5 Å². The van der Waals surface area contributed by atoms with Crippen molar-refractivity contribution in [3.8, 4) is 6.07 Å². The molecule has 6 nitrogen and oxygen atoms in total. The number of amides is 1. The molecule has 0 aliphatic rings. The lowest BCUT2D eigenvalue weighted by Gasteiger charge is -2.08. The Morgan fingerprint density at radius 1 is 0.963 bits per heavy atom. The molecule has 132 valence electrons. The average Bonchev–Trinajstić information content (AvgIpc) is 2.69. The quantitative estimate of drug-likeness (QED) is 0.473. The van der Waals surface area contributed by atoms with Gasteiger partial charge < -0.3 is 15.7 Å². The molecule has 3 aromatic rings. The van der Waals surface area contributed by atoms with Crippen LogP contribution in [-0.2, 0) is 4.79 Å². The SMILES string of the molecule is N#C/C(=C/Nc1cccc2ccccc12)C(=O)Nc1ccc(C(=O)O)cc1. The molecule has 0 fully saturated rings. The molecule has 0 spiro atoms. The van der Waals surface area contributed by atoms with Gasteiger partial charge in [-0.25, -0.2) is 4.79 Å². The summed E-state index contributed by atoms with van der Waals surface area (Å²) in [6.45, 7) is 0. The number of nitriles is 1. The Hall–Kier alpha value is -4.11. The minimum absolute atomic E-state index is 0.106. The van der Waals surface area contributed by atoms with Crippen molar-refractivity contribution in [2.24, 2.45) is 0 Å². The van der Waals surface area contributed by atoms with E-state index in [1.165, 1.54) is 30.5 Å². The van der Waals surface area contributed by atoms with Gasteiger partial charge in [0.1, 0.15) is 11.6 Å². The molecule has 0 unspecified atom stereocenters. The maximum absolute atomic E-state index is 12.3. The third-order valence-electron chi connectivity index (χ3n) is 3.92. The standard InChI is InChI=1S/C21H15N3O3/c22-12-16(20(25)24-17-10-8-15(9-11-17)21(26)27)13-23-19-7-3-5-14-4-1-2-6-18(14)19/h1-11,13,23H,(H,24,25)(H,26,27)/b16-13-. The first-order valence-corrected chi connectivity index (χ1v) is 8.08. The third-order valence-corrected chi connectivity index (χ3v) is 3.92. The summed E-state index contributed by atoms with van der Waals surface area (Å²) < 4.78 is 0. The number of carboxylic acid groups (broad SMARTS) is 1. The van der Waals surface area contributed by atoms with Gasteiger partial charge in [-0.15, -0.1) is 0 Å². The summed E-state index contributed by atoms with van der Waals surface area (Å²) in [5, 5.41) is 25.8. The van der Waals surface area contributed by atoms with E-state index in [4.69, 9.17) is 5.11 Å². The van der Waals surface area contributed by atoms with E-state index in [1.54, 1.807) is 0 Å². The van der Waals surface area contributed by atoms with Crippen molar-refractivity contribution in [1.29, 1.82) is 5.26 Å². The van der Waals surface area contributed by atoms with Crippen LogP contribution in [0.3, 0.4) is 0 Å². The zero-order valence-corrected chi connectivity index (χ0v) is 14.1. The van der Waals surface area contributed by atoms with E-state index in [9.17, 15) is 14.9 Å². The predicted octanol–water partition coefficient (Wildman–Crippen LogP) is 4.00. The molecule has 0 aromatic heterocycles. The normalized spacial score (nSPS) is 10.9. The van der Waals surface area contributed by atoms with Crippen LogP contribution in [0.5, 0.6) is 0 Å². The molecule has 0 radical (unpaired) electrons. The van der Waals surface area contributed by atoms with Gasteiger partial charge in [0.25, 0.3) is 5.91 Å². The molecular weight excluding hydrogens is 342 g/mol. The van der Waals surface area contributed by atoms with Crippen molar-refractivity contribution in [3.05, 3.63) is 84.1 Å². The summed E-state index contributed by atoms with van der Waals surface area (Å²) in [6.07, 6.45) is 1.35. The number of carbonyl (C=O) groups excluding carboxylic acids is 1. The summed E-state index contributed by atoms with van der Waals surface area (Å²) in [5.41, 5.74) is 1.18. The van der Waals surface area contributed by atoms with Gasteiger partial charge in [-0.2, -0.15) is 5.26 Å². The molecule has 0 saturated heterocycles. The molecule has 0 aliphatic heterocycles. The van der Waals surface area contributed by atoms with E-state index in [0.29, 0.717) is 5.69 Å². The summed E-state index contributed by atoms with van der Waals surface area (Å²) in [7, 11) is 0. The summed E-state index contributed by atoms with van der Waals surface area (Å²) >= 11 is 0. The molecule has 27 heavy (non-hydrogen) atoms. The largest absolute Gasteiger partial charge is 0.478 e. The van der Waals surface area contributed by atoms with Crippen molar-refractivity contribution in [2.45, 2.75) is 0 Å². The average molecular weight is 357 g/mol. The van der Waals surface area contributed by atoms with E-state index < -0.39 is 11.9 Å². The van der Waals surface area contributed by atoms with Crippen LogP contribution in [0, 0.1) is 11.3 Å². The fraction of sp³-hybridized carbons (Fsp3) is 0. The second-order valence-electron chi connectivity index (χ2n) is 5.68. The Bertz CT molecular complexity index is 1070. The number of nitrogens with zero attached hydrogens (tertiary/aromatic N) is 1. The molecule has 0 aliphatic carbocycles. The Morgan fingerprint density at radius 3 is 2.37 bits per heavy atom. The maximum Gasteiger partial charge on any atom is 0.335 e. The Morgan fingerprint density at radius 2 is 1.67 bits per heavy atom. The van der Waals surface area contributed by atoms with Gasteiger partial charge in [-0.05, 0) is 35.7 Å². The minimum atomic E-state index is -1.05. The Kier molecular flexibility index (Phi) is 5.15. The number of carboxylic acids is 1. The lowest BCUT2D eigenvalue weighted by Crippen LogP contribution is -2.14. The van der Waals surface area contributed by atoms with E-state index in [2.05, 4.69) is 10.6 Å². The van der Waals surface area contributed by atoms with Crippen LogP contribution >= 0.6 is 0 Å². The van der Waals surface area contributed by atoms with Gasteiger partial charge in [-0.3, -0.25) is 4.79 Å². The van der Waals surface area contributed by atoms with Gasteiger partial charge in [0.15, 0.2) is 0 Å². The highest BCUT2D eigenvalue weighted by Gasteiger charge is 2.10. The van der Waals surface area contributed by atoms with Crippen LogP contribution in [0.25, 0.3) is 10.8 Å². The van der Waals surface area contributed by atoms with E-state index in [0.717, 1.165) is 16.5 Å². The predicted molar refractivity (Wildman–Crippen MR) is 103 cm³/mol. The summed E-state index contributed by atoms with van der Waals surface area (Å²) in [6, 6.07) is 21.0. The van der Waals surface area contributed by atoms with E-state index >= 15 is 0 Å². The first-order valence-electron chi connectivity index (χ1n) is 8.08. The number of nitrogens with one attached hydrogen (secondary N) is 2. The van der Waals surface area contributed by atoms with Gasteiger partial charge in [0, 0.05) is 23.0 Å². The second kappa shape index (κ2) is 7.85. The van der Waals surface area contributed by atoms with Crippen LogP contribution in [0.2, 0.25) is 0 Å². The van der Waals surface area contributed by atoms with E-state index in [-0.39, 0.29) is 11.1 Å². The van der Waals surface area contributed by atoms with Crippen molar-refractivity contribution in [2.75, 3.05) is 10.6 Å². The first-order chi connectivity index (χ1) is 13.1. The molecule has 1 amide bonds. The van der Waals surface area contributed by atoms with Crippen molar-refractivity contribution in [3.63, 3.8) is 0 Å². The van der Waals surface area contributed by atoms with Crippen molar-refractivity contribution < 1.29 is 14.7 Å². The monoisotopic (exact) mass is 357 g/mol. The van der Waals surface area contributed by atoms with Crippen LogP contribution in [0.4, 0.5) is 11.4 Å². The minimum Gasteiger partial charge on any atom is -0.478 e. The van der Waals surface area contributed by atoms with Crippen molar-refractivity contribution >= 4 is 34.0 Å². The fourth-order valence-electron chi connectivity index (χ4n) is 2.54. The van der Waals surface area contributed by atoms with Crippen LogP contribution in [0.1, 0.15) is 10.4 Å². The number of hydrogen-bond acceptors (Lipinski definition) is 4. The number of anilines is 2. The molecular formula is C21H15N3O3. The van der Waals surface area contributed by atoms with Gasteiger partial charge in [0.05, 0.1) is 5.56 Å². The lowest BCUT2D eigenvalue weighted by molar-refractivity contribution is -0.112. The Labute approximate surface area is 155 Å². The van der Waals surface area contributed by atoms with Crippen molar-refractivity contribution in [1.82, 2.24) is 0 Å². The molecule has 3 rings (SSSR count). The zero-order chi connectivity index (χ0) is 19.2. The fourth-order valence-corrected chi connectivity index (χ4v) is 2.54. The van der Waals surface area contributed by atoms with E-state index in [1.807, 2.05) is 48.5 Å². The molecule has 3 aromatic carbocycles. The number of rotatable bonds is 5. The molecule has 0 heterocycles. The molecule has 0 atom stereocenters. The third kappa shape index (κ3) is 4.11. The highest BCUT2D eigenvalue weighted by Crippen LogP contribution is 2.23. The highest BCUT2D eigenvalue weighted by molar-refractivity contribution is 6.07. The second-order valence-corrected chi connectivity index (χ2v) is 5.68. The summed E-state index contributed by atoms with van der Waals surface area (Å²) in [4.78, 5) is 23.1. The summed E-state index contributed by atoms with van der Waals surface area (Å²) in [5.74, 6) is -1.64. The smallest absolute Gasteiger partial charge is 0.335 e. The number of benzene rings is 3. The first kappa shape index (κ1) is 17.7. The number of hydrogen-bond donors (Lipinski definition) is 3. The topological polar surface area (TPSA) is 102 Å². The number of aromatic carboxylic acids is 1. The molecule has 0 bridgehead atoms. The number of carbonyl (C=O) groups is 2. The van der Waals surface area contributed by atoms with Crippen LogP contribution in [-0.4, -0.2) is 17.0 Å².